The van der Waals surface area contributed by atoms with E-state index in [0.29, 0.717) is 183 Å². The smallest absolute Gasteiger partial charge is 0.407 e. The summed E-state index contributed by atoms with van der Waals surface area (Å²) in [6, 6.07) is 0.396. The van der Waals surface area contributed by atoms with Gasteiger partial charge in [-0.15, -0.1) is 0 Å². The van der Waals surface area contributed by atoms with Gasteiger partial charge >= 0.3 is 12.1 Å². The van der Waals surface area contributed by atoms with Gasteiger partial charge in [-0.3, -0.25) is 4.79 Å². The van der Waals surface area contributed by atoms with Crippen molar-refractivity contribution in [2.45, 2.75) is 81.2 Å². The molecule has 2 aliphatic heterocycles. The van der Waals surface area contributed by atoms with Gasteiger partial charge in [-0.25, -0.2) is 9.59 Å². The van der Waals surface area contributed by atoms with Crippen LogP contribution in [-0.2, 0) is 66.4 Å². The second kappa shape index (κ2) is 42.7. The predicted octanol–water partition coefficient (Wildman–Crippen LogP) is 2.64. The van der Waals surface area contributed by atoms with Crippen LogP contribution < -0.4 is 21.3 Å². The third-order valence-corrected chi connectivity index (χ3v) is 11.8. The molecule has 0 spiro atoms. The van der Waals surface area contributed by atoms with E-state index in [1.54, 1.807) is 0 Å². The molecule has 3 aliphatic rings. The third-order valence-electron chi connectivity index (χ3n) is 10.2. The van der Waals surface area contributed by atoms with Crippen molar-refractivity contribution in [1.29, 1.82) is 0 Å². The first-order valence-corrected chi connectivity index (χ1v) is 25.1. The average molecular weight is 967 g/mol. The molecular formula is C45H82N4O16S. The van der Waals surface area contributed by atoms with Crippen molar-refractivity contribution in [3.8, 4) is 0 Å². The number of hydrogen-bond acceptors (Lipinski definition) is 17. The zero-order valence-corrected chi connectivity index (χ0v) is 40.2. The van der Waals surface area contributed by atoms with Crippen LogP contribution in [0.1, 0.15) is 57.8 Å². The van der Waals surface area contributed by atoms with Gasteiger partial charge in [0.05, 0.1) is 171 Å². The van der Waals surface area contributed by atoms with Crippen LogP contribution in [0.15, 0.2) is 12.2 Å². The number of carbonyl (C=O) groups is 3. The molecule has 3 rings (SSSR count). The lowest BCUT2D eigenvalue weighted by Gasteiger charge is -2.18. The van der Waals surface area contributed by atoms with Crippen LogP contribution in [0.5, 0.6) is 0 Å². The van der Waals surface area contributed by atoms with Gasteiger partial charge in [0.25, 0.3) is 0 Å². The van der Waals surface area contributed by atoms with E-state index in [1.807, 2.05) is 11.8 Å². The molecule has 66 heavy (non-hydrogen) atoms. The fourth-order valence-corrected chi connectivity index (χ4v) is 8.35. The Kier molecular flexibility index (Phi) is 37.5. The van der Waals surface area contributed by atoms with E-state index >= 15 is 0 Å². The Morgan fingerprint density at radius 1 is 0.530 bits per heavy atom. The second-order valence-electron chi connectivity index (χ2n) is 15.5. The number of carbonyl (C=O) groups excluding carboxylic acids is 3. The summed E-state index contributed by atoms with van der Waals surface area (Å²) >= 11 is 1.90. The van der Waals surface area contributed by atoms with Crippen molar-refractivity contribution in [2.75, 3.05) is 177 Å². The topological polar surface area (TPSA) is 219 Å². The largest absolute Gasteiger partial charge is 0.446 e. The zero-order valence-electron chi connectivity index (χ0n) is 39.4. The minimum Gasteiger partial charge on any atom is -0.446 e. The van der Waals surface area contributed by atoms with Gasteiger partial charge in [0.2, 0.25) is 5.91 Å². The van der Waals surface area contributed by atoms with E-state index in [1.165, 1.54) is 0 Å². The summed E-state index contributed by atoms with van der Waals surface area (Å²) in [5.41, 5.74) is 0. The van der Waals surface area contributed by atoms with Crippen LogP contribution in [-0.4, -0.2) is 219 Å². The van der Waals surface area contributed by atoms with E-state index in [2.05, 4.69) is 33.4 Å². The highest BCUT2D eigenvalue weighted by Gasteiger charge is 2.42. The van der Waals surface area contributed by atoms with Gasteiger partial charge in [0.1, 0.15) is 6.10 Å². The van der Waals surface area contributed by atoms with Crippen LogP contribution in [0, 0.1) is 0 Å². The lowest BCUT2D eigenvalue weighted by atomic mass is 10.0. The second-order valence-corrected chi connectivity index (χ2v) is 16.8. The minimum absolute atomic E-state index is 0.0141. The summed E-state index contributed by atoms with van der Waals surface area (Å²) in [6.07, 6.45) is 12.1. The van der Waals surface area contributed by atoms with Crippen molar-refractivity contribution in [2.24, 2.45) is 0 Å². The Balaban J connectivity index is 0.878. The Morgan fingerprint density at radius 3 is 1.42 bits per heavy atom. The quantitative estimate of drug-likeness (QED) is 0.0392. The SMILES string of the molecule is O=C(CCCC[C@@H]1SC[C@@H]2NC(=O)N[C@@H]21)NCCOCCOCCOCCOCCOCCOCCOCCOCCOCCOCCOCCOCCNC(=O)OC1CC/C=C\CCC1. The van der Waals surface area contributed by atoms with Crippen molar-refractivity contribution >= 4 is 29.8 Å². The highest BCUT2D eigenvalue weighted by atomic mass is 32.2. The molecule has 2 heterocycles. The number of alkyl carbamates (subject to hydrolysis) is 1. The summed E-state index contributed by atoms with van der Waals surface area (Å²) in [5.74, 6) is 0.996. The summed E-state index contributed by atoms with van der Waals surface area (Å²) in [5, 5.41) is 12.0. The first-order chi connectivity index (χ1) is 32.6. The van der Waals surface area contributed by atoms with Crippen LogP contribution in [0.2, 0.25) is 0 Å². The van der Waals surface area contributed by atoms with Gasteiger partial charge in [0, 0.05) is 30.5 Å². The number of hydrogen-bond donors (Lipinski definition) is 4. The predicted molar refractivity (Wildman–Crippen MR) is 247 cm³/mol. The maximum atomic E-state index is 12.1. The molecule has 0 radical (unpaired) electrons. The average Bonchev–Trinajstić information content (AvgIpc) is 3.86. The van der Waals surface area contributed by atoms with Crippen LogP contribution >= 0.6 is 11.8 Å². The summed E-state index contributed by atoms with van der Waals surface area (Å²) in [6.45, 7) is 12.2. The maximum Gasteiger partial charge on any atom is 0.407 e. The van der Waals surface area contributed by atoms with Gasteiger partial charge in [-0.1, -0.05) is 18.6 Å². The lowest BCUT2D eigenvalue weighted by Crippen LogP contribution is -2.36. The summed E-state index contributed by atoms with van der Waals surface area (Å²) in [7, 11) is 0. The molecule has 2 fully saturated rings. The van der Waals surface area contributed by atoms with E-state index in [4.69, 9.17) is 61.6 Å². The minimum atomic E-state index is -0.381. The van der Waals surface area contributed by atoms with Crippen molar-refractivity contribution in [3.63, 3.8) is 0 Å². The fourth-order valence-electron chi connectivity index (χ4n) is 6.81. The molecule has 1 aliphatic carbocycles. The number of fused-ring (bicyclic) bond motifs is 1. The molecule has 4 atom stereocenters. The number of allylic oxidation sites excluding steroid dienone is 2. The molecule has 0 saturated carbocycles. The standard InChI is InChI=1S/C45H82N4O16S/c50-42(11-7-6-10-41-43-40(38-66-41)48-44(51)49-43)46-12-14-53-16-18-55-20-22-57-24-26-59-28-30-61-32-34-63-36-37-64-35-33-62-31-29-60-27-25-58-23-21-56-19-17-54-15-13-47-45(52)65-39-8-4-2-1-3-5-9-39/h1-2,39-41,43H,3-38H2,(H,46,50)(H,47,52)(H2,48,49,51)/b2-1-/t39?,40-,41-,43-/m0/s1. The van der Waals surface area contributed by atoms with Crippen LogP contribution in [0.4, 0.5) is 9.59 Å². The number of ether oxygens (including phenoxy) is 13. The maximum absolute atomic E-state index is 12.1. The number of thioether (sulfide) groups is 1. The number of urea groups is 1. The number of amides is 4. The van der Waals surface area contributed by atoms with E-state index in [-0.39, 0.29) is 36.2 Å². The summed E-state index contributed by atoms with van der Waals surface area (Å²) in [4.78, 5) is 35.5. The van der Waals surface area contributed by atoms with Crippen LogP contribution in [0.3, 0.4) is 0 Å². The lowest BCUT2D eigenvalue weighted by molar-refractivity contribution is -0.121. The molecule has 20 nitrogen and oxygen atoms in total. The highest BCUT2D eigenvalue weighted by Crippen LogP contribution is 2.33. The van der Waals surface area contributed by atoms with Crippen LogP contribution in [0.25, 0.3) is 0 Å². The number of nitrogens with one attached hydrogen (secondary N) is 4. The molecule has 4 amide bonds. The van der Waals surface area contributed by atoms with Crippen molar-refractivity contribution < 1.29 is 76.0 Å². The van der Waals surface area contributed by atoms with E-state index < -0.39 is 0 Å². The molecule has 0 bridgehead atoms. The van der Waals surface area contributed by atoms with Gasteiger partial charge in [0.15, 0.2) is 0 Å². The van der Waals surface area contributed by atoms with E-state index in [9.17, 15) is 14.4 Å². The Bertz CT molecular complexity index is 1220. The monoisotopic (exact) mass is 967 g/mol. The molecular weight excluding hydrogens is 885 g/mol. The van der Waals surface area contributed by atoms with Crippen molar-refractivity contribution in [1.82, 2.24) is 21.3 Å². The Morgan fingerprint density at radius 2 is 0.955 bits per heavy atom. The Labute approximate surface area is 396 Å². The third kappa shape index (κ3) is 33.2. The molecule has 0 aromatic carbocycles. The van der Waals surface area contributed by atoms with Gasteiger partial charge in [-0.05, 0) is 44.9 Å². The molecule has 384 valence electrons. The first kappa shape index (κ1) is 57.9. The molecule has 21 heteroatoms. The van der Waals surface area contributed by atoms with Crippen molar-refractivity contribution in [3.05, 3.63) is 12.2 Å². The van der Waals surface area contributed by atoms with E-state index in [0.717, 1.165) is 57.1 Å². The zero-order chi connectivity index (χ0) is 46.6. The first-order valence-electron chi connectivity index (χ1n) is 24.1. The Hall–Kier alpha value is -2.38. The fraction of sp³-hybridized carbons (Fsp3) is 0.889. The normalized spacial score (nSPS) is 19.7. The molecule has 0 aromatic rings. The molecule has 1 unspecified atom stereocenters. The molecule has 0 aromatic heterocycles. The highest BCUT2D eigenvalue weighted by molar-refractivity contribution is 8.00. The van der Waals surface area contributed by atoms with Gasteiger partial charge < -0.3 is 82.8 Å². The number of unbranched alkanes of at least 4 members (excludes halogenated alkanes) is 1. The molecule has 2 saturated heterocycles. The summed E-state index contributed by atoms with van der Waals surface area (Å²) < 4.78 is 71.6. The molecule has 4 N–H and O–H groups in total. The van der Waals surface area contributed by atoms with Gasteiger partial charge in [-0.2, -0.15) is 11.8 Å². The number of rotatable bonds is 45.